The molecule has 0 aromatic heterocycles. The predicted octanol–water partition coefficient (Wildman–Crippen LogP) is 6.30. The molecule has 0 aliphatic rings. The molecule has 0 aliphatic heterocycles. The number of aromatic hydroxyl groups is 1. The topological polar surface area (TPSA) is 217 Å². The van der Waals surface area contributed by atoms with Crippen molar-refractivity contribution in [3.8, 4) is 5.75 Å². The maximum Gasteiger partial charge on any atom is 0.296 e. The van der Waals surface area contributed by atoms with Gasteiger partial charge < -0.3 is 5.11 Å². The summed E-state index contributed by atoms with van der Waals surface area (Å²) < 4.78 is 70.6. The van der Waals surface area contributed by atoms with Crippen molar-refractivity contribution in [3.63, 3.8) is 0 Å². The lowest BCUT2D eigenvalue weighted by Gasteiger charge is -2.07. The summed E-state index contributed by atoms with van der Waals surface area (Å²) in [7, 11) is -9.35. The van der Waals surface area contributed by atoms with Gasteiger partial charge in [-0.25, -0.2) is 5.26 Å². The molecule has 4 aromatic rings. The highest BCUT2D eigenvalue weighted by atomic mass is 32.2. The van der Waals surface area contributed by atoms with Crippen molar-refractivity contribution in [2.75, 3.05) is 0 Å². The minimum Gasteiger partial charge on any atom is -0.505 e. The second-order valence-electron chi connectivity index (χ2n) is 7.51. The molecule has 0 saturated heterocycles. The van der Waals surface area contributed by atoms with Gasteiger partial charge in [-0.3, -0.25) is 9.11 Å². The van der Waals surface area contributed by atoms with Crippen LogP contribution < -0.4 is 0 Å². The van der Waals surface area contributed by atoms with E-state index < -0.39 is 35.8 Å². The van der Waals surface area contributed by atoms with Crippen molar-refractivity contribution in [1.82, 2.24) is 0 Å². The number of hydrogen-bond acceptors (Lipinski definition) is 13. The van der Waals surface area contributed by atoms with Crippen molar-refractivity contribution < 1.29 is 45.7 Å². The van der Waals surface area contributed by atoms with E-state index in [1.165, 1.54) is 36.4 Å². The van der Waals surface area contributed by atoms with Gasteiger partial charge in [0.05, 0.1) is 23.4 Å². The summed E-state index contributed by atoms with van der Waals surface area (Å²) in [5, 5.41) is 37.9. The Hall–Kier alpha value is -3.81. The Bertz CT molecular complexity index is 1810. The van der Waals surface area contributed by atoms with Crippen LogP contribution >= 0.6 is 12.0 Å². The van der Waals surface area contributed by atoms with Crippen LogP contribution in [0.2, 0.25) is 0 Å². The first kappa shape index (κ1) is 28.2. The number of azo groups is 2. The lowest BCUT2D eigenvalue weighted by Crippen LogP contribution is -1.98. The van der Waals surface area contributed by atoms with E-state index in [1.807, 2.05) is 0 Å². The van der Waals surface area contributed by atoms with E-state index in [2.05, 4.69) is 29.8 Å². The highest BCUT2D eigenvalue weighted by Gasteiger charge is 2.19. The summed E-state index contributed by atoms with van der Waals surface area (Å²) in [5.41, 5.74) is 0.0291. The van der Waals surface area contributed by atoms with Gasteiger partial charge in [0.2, 0.25) is 0 Å². The van der Waals surface area contributed by atoms with Gasteiger partial charge in [0.1, 0.15) is 21.2 Å². The molecule has 0 saturated carbocycles. The van der Waals surface area contributed by atoms with E-state index >= 15 is 0 Å². The number of phenols is 1. The molecule has 0 heterocycles. The normalized spacial score (nSPS) is 12.6. The summed E-state index contributed by atoms with van der Waals surface area (Å²) in [5.74, 6) is -0.472. The van der Waals surface area contributed by atoms with Crippen LogP contribution in [0.15, 0.2) is 108 Å². The van der Waals surface area contributed by atoms with Gasteiger partial charge >= 0.3 is 0 Å². The number of phenolic OH excluding ortho intramolecular Hbond substituents is 1. The molecule has 4 aromatic carbocycles. The fraction of sp³-hybridized carbons (Fsp3) is 0. The molecule has 0 amide bonds. The first-order valence-corrected chi connectivity index (χ1v) is 14.0. The maximum atomic E-state index is 12.0. The van der Waals surface area contributed by atoms with E-state index in [0.29, 0.717) is 10.6 Å². The van der Waals surface area contributed by atoms with E-state index in [4.69, 9.17) is 5.26 Å². The molecule has 17 heteroatoms. The van der Waals surface area contributed by atoms with Gasteiger partial charge in [-0.15, -0.1) is 14.6 Å². The lowest BCUT2D eigenvalue weighted by atomic mass is 10.1. The van der Waals surface area contributed by atoms with Crippen LogP contribution in [0.25, 0.3) is 10.8 Å². The van der Waals surface area contributed by atoms with Crippen LogP contribution in [0.5, 0.6) is 5.75 Å². The van der Waals surface area contributed by atoms with E-state index in [-0.39, 0.29) is 27.8 Å². The van der Waals surface area contributed by atoms with Crippen LogP contribution in [0.3, 0.4) is 0 Å². The Morgan fingerprint density at radius 2 is 1.28 bits per heavy atom. The van der Waals surface area contributed by atoms with Crippen LogP contribution in [0.1, 0.15) is 0 Å². The SMILES string of the molecule is O=S(=O)(O)c1cc(/N=N/c2ccc(SOOO)cc2)ccc1/N=N/c1ccc2c(S(=O)(=O)O)cccc2c1O. The summed E-state index contributed by atoms with van der Waals surface area (Å²) in [6, 6.07) is 16.3. The molecule has 202 valence electrons. The number of benzene rings is 4. The quantitative estimate of drug-likeness (QED) is 0.0555. The highest BCUT2D eigenvalue weighted by molar-refractivity contribution is 7.94. The Balaban J connectivity index is 1.64. The Morgan fingerprint density at radius 1 is 0.667 bits per heavy atom. The molecule has 4 rings (SSSR count). The molecule has 0 radical (unpaired) electrons. The zero-order valence-corrected chi connectivity index (χ0v) is 21.6. The minimum atomic E-state index is -4.79. The molecular weight excluding hydrogens is 576 g/mol. The van der Waals surface area contributed by atoms with Gasteiger partial charge in [0.15, 0.2) is 5.75 Å². The first-order chi connectivity index (χ1) is 18.5. The minimum absolute atomic E-state index is 0.0330. The zero-order valence-electron chi connectivity index (χ0n) is 19.2. The number of rotatable bonds is 9. The van der Waals surface area contributed by atoms with Gasteiger partial charge in [-0.05, 0) is 54.6 Å². The van der Waals surface area contributed by atoms with Crippen LogP contribution in [-0.2, 0) is 29.6 Å². The smallest absolute Gasteiger partial charge is 0.296 e. The summed E-state index contributed by atoms with van der Waals surface area (Å²) in [4.78, 5) is -0.468. The molecule has 0 spiro atoms. The van der Waals surface area contributed by atoms with Gasteiger partial charge in [0, 0.05) is 15.7 Å². The predicted molar refractivity (Wildman–Crippen MR) is 137 cm³/mol. The molecule has 0 fully saturated rings. The molecule has 4 N–H and O–H groups in total. The summed E-state index contributed by atoms with van der Waals surface area (Å²) in [6.45, 7) is 0. The largest absolute Gasteiger partial charge is 0.505 e. The third kappa shape index (κ3) is 6.80. The van der Waals surface area contributed by atoms with Crippen LogP contribution in [0, 0.1) is 0 Å². The number of nitrogens with zero attached hydrogens (tertiary/aromatic N) is 4. The molecular formula is C22H16N4O10S3. The Morgan fingerprint density at radius 3 is 1.95 bits per heavy atom. The monoisotopic (exact) mass is 592 g/mol. The first-order valence-electron chi connectivity index (χ1n) is 10.4. The standard InChI is InChI=1S/C22H16N4O10S3/c27-22-17-2-1-3-20(38(29,30)31)16(17)9-11-19(22)26-25-18-10-6-14(12-21(18)39(32,33)34)24-23-13-4-7-15(8-5-13)37-36-35-28/h1-12,27-28H,(H,29,30,31)(H,32,33,34)/b24-23+,26-25+. The Labute approximate surface area is 224 Å². The lowest BCUT2D eigenvalue weighted by molar-refractivity contribution is -0.432. The fourth-order valence-electron chi connectivity index (χ4n) is 3.31. The van der Waals surface area contributed by atoms with Gasteiger partial charge in [0.25, 0.3) is 20.2 Å². The summed E-state index contributed by atoms with van der Waals surface area (Å²) in [6.07, 6.45) is 0. The summed E-state index contributed by atoms with van der Waals surface area (Å²) >= 11 is 0.747. The highest BCUT2D eigenvalue weighted by Crippen LogP contribution is 2.39. The molecule has 0 atom stereocenters. The second kappa shape index (κ2) is 11.5. The average molecular weight is 593 g/mol. The third-order valence-corrected chi connectivity index (χ3v) is 7.40. The average Bonchev–Trinajstić information content (AvgIpc) is 2.90. The van der Waals surface area contributed by atoms with E-state index in [9.17, 15) is 31.0 Å². The van der Waals surface area contributed by atoms with Crippen molar-refractivity contribution in [3.05, 3.63) is 72.8 Å². The molecule has 0 bridgehead atoms. The van der Waals surface area contributed by atoms with Crippen molar-refractivity contribution in [2.45, 2.75) is 14.7 Å². The number of fused-ring (bicyclic) bond motifs is 1. The van der Waals surface area contributed by atoms with E-state index in [1.54, 1.807) is 24.3 Å². The van der Waals surface area contributed by atoms with Gasteiger partial charge in [-0.1, -0.05) is 23.2 Å². The third-order valence-electron chi connectivity index (χ3n) is 5.01. The number of hydrogen-bond donors (Lipinski definition) is 4. The Kier molecular flexibility index (Phi) is 8.33. The fourth-order valence-corrected chi connectivity index (χ4v) is 5.01. The van der Waals surface area contributed by atoms with Crippen molar-refractivity contribution in [2.24, 2.45) is 20.5 Å². The maximum absolute atomic E-state index is 12.0. The van der Waals surface area contributed by atoms with E-state index in [0.717, 1.165) is 24.2 Å². The van der Waals surface area contributed by atoms with Gasteiger partial charge in [-0.2, -0.15) is 27.1 Å². The molecule has 39 heavy (non-hydrogen) atoms. The zero-order chi connectivity index (χ0) is 28.2. The van der Waals surface area contributed by atoms with Crippen molar-refractivity contribution >= 4 is 65.8 Å². The molecule has 14 nitrogen and oxygen atoms in total. The molecule has 0 aliphatic carbocycles. The molecule has 0 unspecified atom stereocenters. The van der Waals surface area contributed by atoms with Crippen LogP contribution in [0.4, 0.5) is 22.7 Å². The van der Waals surface area contributed by atoms with Crippen LogP contribution in [-0.4, -0.2) is 36.3 Å². The second-order valence-corrected chi connectivity index (χ2v) is 11.1. The van der Waals surface area contributed by atoms with Crippen molar-refractivity contribution in [1.29, 1.82) is 0 Å².